The van der Waals surface area contributed by atoms with Crippen molar-refractivity contribution >= 4 is 6.09 Å². The Kier molecular flexibility index (Phi) is 3.61. The summed E-state index contributed by atoms with van der Waals surface area (Å²) in [5, 5.41) is 0. The minimum Gasteiger partial charge on any atom is -0.444 e. The molecule has 0 saturated carbocycles. The number of fused-ring (bicyclic) bond motifs is 2. The molecule has 0 aromatic heterocycles. The van der Waals surface area contributed by atoms with Crippen molar-refractivity contribution in [2.75, 3.05) is 0 Å². The molecule has 2 bridgehead atoms. The maximum Gasteiger partial charge on any atom is 0.410 e. The maximum atomic E-state index is 12.3. The minimum atomic E-state index is -0.384. The third kappa shape index (κ3) is 2.81. The molecule has 2 unspecified atom stereocenters. The summed E-state index contributed by atoms with van der Waals surface area (Å²) in [5.74, 6) is 1.51. The number of piperidine rings is 1. The number of carbonyl (C=O) groups is 1. The largest absolute Gasteiger partial charge is 0.444 e. The predicted molar refractivity (Wildman–Crippen MR) is 72.4 cm³/mol. The van der Waals surface area contributed by atoms with Crippen molar-refractivity contribution in [1.29, 1.82) is 0 Å². The second-order valence-corrected chi connectivity index (χ2v) is 7.25. The standard InChI is InChI=1S/C15H27NO2/c1-10(2)11-8-12-6-7-13(9-11)16(12)14(17)18-15(3,4)5/h10-13H,6-9H2,1-5H3. The molecular formula is C15H27NO2. The lowest BCUT2D eigenvalue weighted by Gasteiger charge is -2.40. The van der Waals surface area contributed by atoms with Crippen LogP contribution in [0, 0.1) is 11.8 Å². The molecule has 2 heterocycles. The molecule has 0 aromatic rings. The van der Waals surface area contributed by atoms with Crippen molar-refractivity contribution in [2.45, 2.75) is 78.0 Å². The molecule has 2 atom stereocenters. The third-order valence-corrected chi connectivity index (χ3v) is 4.32. The average molecular weight is 253 g/mol. The van der Waals surface area contributed by atoms with Crippen LogP contribution in [-0.2, 0) is 4.74 Å². The van der Waals surface area contributed by atoms with E-state index in [4.69, 9.17) is 4.74 Å². The van der Waals surface area contributed by atoms with Gasteiger partial charge in [0.05, 0.1) is 0 Å². The van der Waals surface area contributed by atoms with E-state index >= 15 is 0 Å². The van der Waals surface area contributed by atoms with E-state index < -0.39 is 0 Å². The average Bonchev–Trinajstić information content (AvgIpc) is 2.47. The molecule has 3 nitrogen and oxygen atoms in total. The zero-order valence-corrected chi connectivity index (χ0v) is 12.4. The smallest absolute Gasteiger partial charge is 0.410 e. The topological polar surface area (TPSA) is 29.5 Å². The van der Waals surface area contributed by atoms with Gasteiger partial charge >= 0.3 is 6.09 Å². The van der Waals surface area contributed by atoms with Gasteiger partial charge < -0.3 is 9.64 Å². The van der Waals surface area contributed by atoms with E-state index in [2.05, 4.69) is 13.8 Å². The van der Waals surface area contributed by atoms with Gasteiger partial charge in [-0.15, -0.1) is 0 Å². The lowest BCUT2D eigenvalue weighted by molar-refractivity contribution is -0.000908. The van der Waals surface area contributed by atoms with E-state index in [-0.39, 0.29) is 11.7 Å². The number of ether oxygens (including phenoxy) is 1. The van der Waals surface area contributed by atoms with Crippen molar-refractivity contribution in [3.63, 3.8) is 0 Å². The van der Waals surface area contributed by atoms with Crippen molar-refractivity contribution in [2.24, 2.45) is 11.8 Å². The number of amides is 1. The minimum absolute atomic E-state index is 0.0998. The van der Waals surface area contributed by atoms with Gasteiger partial charge in [0.2, 0.25) is 0 Å². The van der Waals surface area contributed by atoms with Crippen LogP contribution >= 0.6 is 0 Å². The number of carbonyl (C=O) groups excluding carboxylic acids is 1. The van der Waals surface area contributed by atoms with E-state index in [1.807, 2.05) is 25.7 Å². The molecule has 2 aliphatic heterocycles. The molecule has 0 radical (unpaired) electrons. The maximum absolute atomic E-state index is 12.3. The Bertz CT molecular complexity index is 305. The summed E-state index contributed by atoms with van der Waals surface area (Å²) in [6.07, 6.45) is 4.54. The molecule has 0 aromatic carbocycles. The molecular weight excluding hydrogens is 226 g/mol. The van der Waals surface area contributed by atoms with Crippen molar-refractivity contribution in [3.05, 3.63) is 0 Å². The molecule has 0 N–H and O–H groups in total. The van der Waals surface area contributed by atoms with Crippen molar-refractivity contribution < 1.29 is 9.53 Å². The number of hydrogen-bond donors (Lipinski definition) is 0. The van der Waals surface area contributed by atoms with Gasteiger partial charge in [0.25, 0.3) is 0 Å². The summed E-state index contributed by atoms with van der Waals surface area (Å²) in [6.45, 7) is 10.4. The second kappa shape index (κ2) is 4.75. The SMILES string of the molecule is CC(C)C1CC2CCC(C1)N2C(=O)OC(C)(C)C. The number of rotatable bonds is 1. The fourth-order valence-corrected chi connectivity index (χ4v) is 3.38. The van der Waals surface area contributed by atoms with Gasteiger partial charge in [0.1, 0.15) is 5.60 Å². The summed E-state index contributed by atoms with van der Waals surface area (Å²) in [5.41, 5.74) is -0.384. The molecule has 2 rings (SSSR count). The van der Waals surface area contributed by atoms with E-state index in [0.717, 1.165) is 37.5 Å². The van der Waals surface area contributed by atoms with Crippen LogP contribution in [0.25, 0.3) is 0 Å². The molecule has 2 fully saturated rings. The van der Waals surface area contributed by atoms with E-state index in [9.17, 15) is 4.79 Å². The van der Waals surface area contributed by atoms with Crippen LogP contribution < -0.4 is 0 Å². The lowest BCUT2D eigenvalue weighted by atomic mass is 9.83. The Morgan fingerprint density at radius 1 is 1.17 bits per heavy atom. The third-order valence-electron chi connectivity index (χ3n) is 4.32. The van der Waals surface area contributed by atoms with Crippen LogP contribution in [-0.4, -0.2) is 28.7 Å². The Hall–Kier alpha value is -0.730. The van der Waals surface area contributed by atoms with Crippen LogP contribution in [0.4, 0.5) is 4.79 Å². The highest BCUT2D eigenvalue weighted by atomic mass is 16.6. The summed E-state index contributed by atoms with van der Waals surface area (Å²) in [4.78, 5) is 14.3. The molecule has 104 valence electrons. The summed E-state index contributed by atoms with van der Waals surface area (Å²) in [6, 6.07) is 0.844. The Labute approximate surface area is 111 Å². The van der Waals surface area contributed by atoms with Crippen LogP contribution in [0.15, 0.2) is 0 Å². The Morgan fingerprint density at radius 2 is 1.67 bits per heavy atom. The molecule has 18 heavy (non-hydrogen) atoms. The summed E-state index contributed by atoms with van der Waals surface area (Å²) < 4.78 is 5.54. The van der Waals surface area contributed by atoms with E-state index in [0.29, 0.717) is 12.1 Å². The monoisotopic (exact) mass is 253 g/mol. The van der Waals surface area contributed by atoms with Gasteiger partial charge in [-0.2, -0.15) is 0 Å². The molecule has 0 spiro atoms. The zero-order valence-electron chi connectivity index (χ0n) is 12.4. The van der Waals surface area contributed by atoms with Gasteiger partial charge in [-0.3, -0.25) is 0 Å². The summed E-state index contributed by atoms with van der Waals surface area (Å²) >= 11 is 0. The van der Waals surface area contributed by atoms with Gasteiger partial charge in [-0.25, -0.2) is 4.79 Å². The first kappa shape index (κ1) is 13.7. The highest BCUT2D eigenvalue weighted by molar-refractivity contribution is 5.69. The van der Waals surface area contributed by atoms with Crippen molar-refractivity contribution in [1.82, 2.24) is 4.90 Å². The first-order valence-corrected chi connectivity index (χ1v) is 7.29. The van der Waals surface area contributed by atoms with Gasteiger partial charge in [0, 0.05) is 12.1 Å². The van der Waals surface area contributed by atoms with Crippen LogP contribution in [0.5, 0.6) is 0 Å². The van der Waals surface area contributed by atoms with Crippen molar-refractivity contribution in [3.8, 4) is 0 Å². The zero-order chi connectivity index (χ0) is 13.5. The van der Waals surface area contributed by atoms with Gasteiger partial charge in [0.15, 0.2) is 0 Å². The Morgan fingerprint density at radius 3 is 2.06 bits per heavy atom. The molecule has 3 heteroatoms. The predicted octanol–water partition coefficient (Wildman–Crippen LogP) is 3.82. The fraction of sp³-hybridized carbons (Fsp3) is 0.933. The van der Waals surface area contributed by atoms with E-state index in [1.165, 1.54) is 0 Å². The molecule has 1 amide bonds. The molecule has 2 saturated heterocycles. The fourth-order valence-electron chi connectivity index (χ4n) is 3.38. The highest BCUT2D eigenvalue weighted by Gasteiger charge is 2.45. The lowest BCUT2D eigenvalue weighted by Crippen LogP contribution is -2.49. The number of nitrogens with zero attached hydrogens (tertiary/aromatic N) is 1. The van der Waals surface area contributed by atoms with Crippen LogP contribution in [0.2, 0.25) is 0 Å². The van der Waals surface area contributed by atoms with Gasteiger partial charge in [-0.1, -0.05) is 13.8 Å². The van der Waals surface area contributed by atoms with E-state index in [1.54, 1.807) is 0 Å². The van der Waals surface area contributed by atoms with Crippen LogP contribution in [0.1, 0.15) is 60.3 Å². The highest BCUT2D eigenvalue weighted by Crippen LogP contribution is 2.41. The quantitative estimate of drug-likeness (QED) is 0.711. The summed E-state index contributed by atoms with van der Waals surface area (Å²) in [7, 11) is 0. The first-order valence-electron chi connectivity index (χ1n) is 7.29. The number of hydrogen-bond acceptors (Lipinski definition) is 2. The molecule has 2 aliphatic rings. The first-order chi connectivity index (χ1) is 8.28. The second-order valence-electron chi connectivity index (χ2n) is 7.25. The normalized spacial score (nSPS) is 31.9. The van der Waals surface area contributed by atoms with Crippen LogP contribution in [0.3, 0.4) is 0 Å². The van der Waals surface area contributed by atoms with Gasteiger partial charge in [-0.05, 0) is 58.3 Å². The Balaban J connectivity index is 2.02. The molecule has 0 aliphatic carbocycles.